The van der Waals surface area contributed by atoms with Crippen LogP contribution in [0, 0.1) is 6.92 Å². The Bertz CT molecular complexity index is 1330. The summed E-state index contributed by atoms with van der Waals surface area (Å²) in [6, 6.07) is 20.1. The molecule has 148 valence electrons. The molecule has 0 radical (unpaired) electrons. The molecule has 1 aliphatic heterocycles. The van der Waals surface area contributed by atoms with E-state index in [1.165, 1.54) is 10.6 Å². The molecule has 0 bridgehead atoms. The van der Waals surface area contributed by atoms with Crippen molar-refractivity contribution in [2.75, 3.05) is 11.4 Å². The number of nitrogens with zero attached hydrogens (tertiary/aromatic N) is 3. The number of rotatable bonds is 2. The van der Waals surface area contributed by atoms with Gasteiger partial charge in [0.05, 0.1) is 0 Å². The van der Waals surface area contributed by atoms with E-state index in [1.54, 1.807) is 17.2 Å². The largest absolute Gasteiger partial charge is 0.308 e. The van der Waals surface area contributed by atoms with Gasteiger partial charge in [0.25, 0.3) is 11.5 Å². The monoisotopic (exact) mass is 395 g/mol. The first-order chi connectivity index (χ1) is 14.6. The number of amides is 1. The van der Waals surface area contributed by atoms with Crippen molar-refractivity contribution < 1.29 is 4.79 Å². The summed E-state index contributed by atoms with van der Waals surface area (Å²) in [6.07, 6.45) is 4.89. The standard InChI is InChI=1S/C25H21N3O2/c1-17-9-12-23-26-15-21(25(30)28(23)16-17)24(29)27-13-5-8-20-14-19(10-11-22(20)27)18-6-3-2-4-7-18/h2-4,6-7,9-12,14-16H,5,8,13H2,1H3. The third-order valence-electron chi connectivity index (χ3n) is 5.63. The molecule has 0 atom stereocenters. The molecular formula is C25H21N3O2. The van der Waals surface area contributed by atoms with Gasteiger partial charge in [-0.05, 0) is 60.2 Å². The van der Waals surface area contributed by atoms with Crippen LogP contribution in [0.4, 0.5) is 5.69 Å². The van der Waals surface area contributed by atoms with E-state index in [2.05, 4.69) is 23.2 Å². The maximum absolute atomic E-state index is 13.3. The Hall–Kier alpha value is -3.73. The second kappa shape index (κ2) is 7.26. The Morgan fingerprint density at radius 3 is 2.67 bits per heavy atom. The average molecular weight is 395 g/mol. The smallest absolute Gasteiger partial charge is 0.270 e. The van der Waals surface area contributed by atoms with Gasteiger partial charge in [0.2, 0.25) is 0 Å². The molecule has 0 fully saturated rings. The Balaban J connectivity index is 1.55. The molecule has 5 nitrogen and oxygen atoms in total. The van der Waals surface area contributed by atoms with Gasteiger partial charge in [0, 0.05) is 24.6 Å². The fourth-order valence-corrected chi connectivity index (χ4v) is 4.09. The number of fused-ring (bicyclic) bond motifs is 2. The van der Waals surface area contributed by atoms with Crippen LogP contribution in [-0.4, -0.2) is 21.8 Å². The fourth-order valence-electron chi connectivity index (χ4n) is 4.09. The highest BCUT2D eigenvalue weighted by atomic mass is 16.2. The molecule has 0 saturated carbocycles. The molecule has 0 spiro atoms. The van der Waals surface area contributed by atoms with E-state index >= 15 is 0 Å². The summed E-state index contributed by atoms with van der Waals surface area (Å²) in [5.41, 5.74) is 5.52. The summed E-state index contributed by atoms with van der Waals surface area (Å²) in [5.74, 6) is -0.295. The fraction of sp³-hybridized carbons (Fsp3) is 0.160. The highest BCUT2D eigenvalue weighted by Gasteiger charge is 2.26. The SMILES string of the molecule is Cc1ccc2ncc(C(=O)N3CCCc4cc(-c5ccccc5)ccc43)c(=O)n2c1. The molecule has 5 heteroatoms. The van der Waals surface area contributed by atoms with Crippen LogP contribution in [0.5, 0.6) is 0 Å². The number of hydrogen-bond donors (Lipinski definition) is 0. The van der Waals surface area contributed by atoms with Crippen molar-refractivity contribution in [3.8, 4) is 11.1 Å². The number of carbonyl (C=O) groups excluding carboxylic acids is 1. The van der Waals surface area contributed by atoms with Crippen LogP contribution >= 0.6 is 0 Å². The summed E-state index contributed by atoms with van der Waals surface area (Å²) >= 11 is 0. The molecule has 0 aliphatic carbocycles. The molecule has 2 aromatic carbocycles. The maximum atomic E-state index is 13.3. The Morgan fingerprint density at radius 2 is 1.83 bits per heavy atom. The minimum atomic E-state index is -0.332. The van der Waals surface area contributed by atoms with E-state index in [0.29, 0.717) is 12.2 Å². The Kier molecular flexibility index (Phi) is 4.43. The van der Waals surface area contributed by atoms with E-state index in [-0.39, 0.29) is 17.0 Å². The Labute approximate surface area is 174 Å². The van der Waals surface area contributed by atoms with E-state index in [4.69, 9.17) is 0 Å². The zero-order valence-corrected chi connectivity index (χ0v) is 16.7. The zero-order valence-electron chi connectivity index (χ0n) is 16.7. The van der Waals surface area contributed by atoms with Gasteiger partial charge in [0.1, 0.15) is 11.2 Å². The number of benzene rings is 2. The van der Waals surface area contributed by atoms with Gasteiger partial charge in [0.15, 0.2) is 0 Å². The molecule has 0 N–H and O–H groups in total. The quantitative estimate of drug-likeness (QED) is 0.510. The van der Waals surface area contributed by atoms with Crippen LogP contribution in [0.25, 0.3) is 16.8 Å². The number of carbonyl (C=O) groups is 1. The van der Waals surface area contributed by atoms with Crippen molar-refractivity contribution in [2.24, 2.45) is 0 Å². The molecular weight excluding hydrogens is 374 g/mol. The van der Waals surface area contributed by atoms with Crippen molar-refractivity contribution in [3.63, 3.8) is 0 Å². The van der Waals surface area contributed by atoms with Gasteiger partial charge < -0.3 is 4.90 Å². The summed E-state index contributed by atoms with van der Waals surface area (Å²) in [4.78, 5) is 32.4. The van der Waals surface area contributed by atoms with Gasteiger partial charge in [-0.3, -0.25) is 14.0 Å². The molecule has 1 aliphatic rings. The first-order valence-electron chi connectivity index (χ1n) is 10.1. The number of pyridine rings is 1. The second-order valence-corrected chi connectivity index (χ2v) is 7.68. The molecule has 3 heterocycles. The average Bonchev–Trinajstić information content (AvgIpc) is 2.79. The minimum absolute atomic E-state index is 0.0954. The van der Waals surface area contributed by atoms with Gasteiger partial charge in [-0.15, -0.1) is 0 Å². The third kappa shape index (κ3) is 3.08. The van der Waals surface area contributed by atoms with Crippen molar-refractivity contribution in [3.05, 3.63) is 100 Å². The van der Waals surface area contributed by atoms with Gasteiger partial charge >= 0.3 is 0 Å². The second-order valence-electron chi connectivity index (χ2n) is 7.68. The highest BCUT2D eigenvalue weighted by Crippen LogP contribution is 2.32. The van der Waals surface area contributed by atoms with Gasteiger partial charge in [-0.2, -0.15) is 0 Å². The van der Waals surface area contributed by atoms with Crippen LogP contribution in [0.1, 0.15) is 27.9 Å². The van der Waals surface area contributed by atoms with E-state index < -0.39 is 0 Å². The van der Waals surface area contributed by atoms with Crippen LogP contribution < -0.4 is 10.5 Å². The molecule has 1 amide bonds. The van der Waals surface area contributed by atoms with Gasteiger partial charge in [-0.25, -0.2) is 4.98 Å². The topological polar surface area (TPSA) is 54.7 Å². The predicted molar refractivity (Wildman–Crippen MR) is 118 cm³/mol. The number of anilines is 1. The van der Waals surface area contributed by atoms with Crippen molar-refractivity contribution in [2.45, 2.75) is 19.8 Å². The van der Waals surface area contributed by atoms with Crippen LogP contribution in [0.3, 0.4) is 0 Å². The Morgan fingerprint density at radius 1 is 1.00 bits per heavy atom. The summed E-state index contributed by atoms with van der Waals surface area (Å²) in [7, 11) is 0. The lowest BCUT2D eigenvalue weighted by Crippen LogP contribution is -2.39. The molecule has 30 heavy (non-hydrogen) atoms. The van der Waals surface area contributed by atoms with Crippen molar-refractivity contribution in [1.82, 2.24) is 9.38 Å². The molecule has 0 saturated heterocycles. The third-order valence-corrected chi connectivity index (χ3v) is 5.63. The molecule has 2 aromatic heterocycles. The number of aromatic nitrogens is 2. The van der Waals surface area contributed by atoms with Crippen LogP contribution in [0.15, 0.2) is 77.9 Å². The normalized spacial score (nSPS) is 13.3. The van der Waals surface area contributed by atoms with E-state index in [1.807, 2.05) is 43.3 Å². The van der Waals surface area contributed by atoms with Crippen LogP contribution in [0.2, 0.25) is 0 Å². The summed E-state index contributed by atoms with van der Waals surface area (Å²) in [6.45, 7) is 2.50. The van der Waals surface area contributed by atoms with Gasteiger partial charge in [-0.1, -0.05) is 42.5 Å². The predicted octanol–water partition coefficient (Wildman–Crippen LogP) is 4.26. The highest BCUT2D eigenvalue weighted by molar-refractivity contribution is 6.06. The number of aryl methyl sites for hydroxylation is 2. The van der Waals surface area contributed by atoms with Crippen molar-refractivity contribution in [1.29, 1.82) is 0 Å². The summed E-state index contributed by atoms with van der Waals surface area (Å²) in [5, 5.41) is 0. The molecule has 4 aromatic rings. The number of hydrogen-bond acceptors (Lipinski definition) is 3. The van der Waals surface area contributed by atoms with E-state index in [9.17, 15) is 9.59 Å². The maximum Gasteiger partial charge on any atom is 0.270 e. The van der Waals surface area contributed by atoms with Crippen LogP contribution in [-0.2, 0) is 6.42 Å². The first-order valence-corrected chi connectivity index (χ1v) is 10.1. The van der Waals surface area contributed by atoms with Crippen molar-refractivity contribution >= 4 is 17.2 Å². The minimum Gasteiger partial charge on any atom is -0.308 e. The summed E-state index contributed by atoms with van der Waals surface area (Å²) < 4.78 is 1.45. The lowest BCUT2D eigenvalue weighted by atomic mass is 9.96. The zero-order chi connectivity index (χ0) is 20.7. The lowest BCUT2D eigenvalue weighted by Gasteiger charge is -2.29. The van der Waals surface area contributed by atoms with E-state index in [0.717, 1.165) is 40.8 Å². The lowest BCUT2D eigenvalue weighted by molar-refractivity contribution is 0.0983. The molecule has 5 rings (SSSR count). The first kappa shape index (κ1) is 18.3. The molecule has 0 unspecified atom stereocenters.